The van der Waals surface area contributed by atoms with Crippen LogP contribution in [-0.2, 0) is 26.1 Å². The highest BCUT2D eigenvalue weighted by molar-refractivity contribution is 7.90. The Bertz CT molecular complexity index is 1390. The van der Waals surface area contributed by atoms with Gasteiger partial charge in [0.05, 0.1) is 36.0 Å². The summed E-state index contributed by atoms with van der Waals surface area (Å²) in [5, 5.41) is 12.7. The maximum absolute atomic E-state index is 13.0. The molecular formula is C24H29N5O6S. The number of carbonyl (C=O) groups excluding carboxylic acids is 2. The molecule has 3 heterocycles. The number of aryl methyl sites for hydroxylation is 1. The van der Waals surface area contributed by atoms with Crippen LogP contribution in [0.4, 0.5) is 4.79 Å². The van der Waals surface area contributed by atoms with Crippen LogP contribution in [0, 0.1) is 6.92 Å². The number of β-amino-alcohol motifs (C(OH)–C–C–N with tert-alkyl or cyclic N) is 1. The summed E-state index contributed by atoms with van der Waals surface area (Å²) in [6.45, 7) is 7.05. The molecule has 1 saturated heterocycles. The van der Waals surface area contributed by atoms with Crippen LogP contribution < -0.4 is 5.32 Å². The van der Waals surface area contributed by atoms with Gasteiger partial charge in [-0.1, -0.05) is 17.7 Å². The second-order valence-electron chi connectivity index (χ2n) is 9.76. The maximum Gasteiger partial charge on any atom is 0.411 e. The van der Waals surface area contributed by atoms with Crippen molar-refractivity contribution in [2.45, 2.75) is 63.3 Å². The van der Waals surface area contributed by atoms with Crippen molar-refractivity contribution >= 4 is 33.2 Å². The zero-order valence-corrected chi connectivity index (χ0v) is 21.3. The Kier molecular flexibility index (Phi) is 6.76. The molecule has 2 aromatic heterocycles. The second kappa shape index (κ2) is 9.51. The van der Waals surface area contributed by atoms with Gasteiger partial charge in [-0.15, -0.1) is 0 Å². The van der Waals surface area contributed by atoms with Gasteiger partial charge in [0.1, 0.15) is 17.2 Å². The van der Waals surface area contributed by atoms with Crippen LogP contribution in [0.2, 0.25) is 0 Å². The van der Waals surface area contributed by atoms with Crippen molar-refractivity contribution in [3.8, 4) is 0 Å². The summed E-state index contributed by atoms with van der Waals surface area (Å²) in [6, 6.07) is 7.17. The number of amides is 2. The van der Waals surface area contributed by atoms with Gasteiger partial charge in [-0.2, -0.15) is 0 Å². The van der Waals surface area contributed by atoms with Crippen molar-refractivity contribution in [2.24, 2.45) is 0 Å². The molecular weight excluding hydrogens is 486 g/mol. The van der Waals surface area contributed by atoms with E-state index < -0.39 is 39.8 Å². The molecule has 0 aliphatic carbocycles. The van der Waals surface area contributed by atoms with E-state index in [-0.39, 0.29) is 30.1 Å². The van der Waals surface area contributed by atoms with Crippen LogP contribution in [0.15, 0.2) is 47.6 Å². The molecule has 0 radical (unpaired) electrons. The van der Waals surface area contributed by atoms with Gasteiger partial charge in [0.25, 0.3) is 10.0 Å². The molecule has 36 heavy (non-hydrogen) atoms. The molecule has 4 rings (SSSR count). The Balaban J connectivity index is 1.47. The summed E-state index contributed by atoms with van der Waals surface area (Å²) in [4.78, 5) is 35.3. The predicted molar refractivity (Wildman–Crippen MR) is 130 cm³/mol. The van der Waals surface area contributed by atoms with Crippen LogP contribution in [0.25, 0.3) is 11.2 Å². The van der Waals surface area contributed by atoms with Crippen molar-refractivity contribution < 1.29 is 27.9 Å². The topological polar surface area (TPSA) is 144 Å². The highest BCUT2D eigenvalue weighted by Crippen LogP contribution is 2.23. The second-order valence-corrected chi connectivity index (χ2v) is 11.6. The summed E-state index contributed by atoms with van der Waals surface area (Å²) < 4.78 is 32.5. The number of carbonyl (C=O) groups is 2. The molecule has 0 spiro atoms. The van der Waals surface area contributed by atoms with Gasteiger partial charge in [-0.3, -0.25) is 9.69 Å². The van der Waals surface area contributed by atoms with E-state index >= 15 is 0 Å². The summed E-state index contributed by atoms with van der Waals surface area (Å²) in [5.74, 6) is -0.459. The third-order valence-corrected chi connectivity index (χ3v) is 7.32. The standard InChI is InChI=1S/C24H29N5O6S/c1-15-5-7-18(8-6-15)36(33,34)29-10-9-19-21(29)25-12-16(27-19)13-26-22(31)20-11-17(30)14-28(20)23(32)35-24(2,3)4/h5-10,12,17,20,30H,11,13-14H2,1-4H3,(H,26,31)/t17-,20-/m1/s1. The molecule has 12 heteroatoms. The monoisotopic (exact) mass is 515 g/mol. The molecule has 192 valence electrons. The summed E-state index contributed by atoms with van der Waals surface area (Å²) in [5.41, 5.74) is 1.13. The van der Waals surface area contributed by atoms with E-state index in [4.69, 9.17) is 4.74 Å². The molecule has 1 aliphatic heterocycles. The number of aromatic nitrogens is 3. The summed E-state index contributed by atoms with van der Waals surface area (Å²) in [7, 11) is -3.85. The first-order chi connectivity index (χ1) is 16.8. The number of aliphatic hydroxyl groups is 1. The minimum Gasteiger partial charge on any atom is -0.444 e. The van der Waals surface area contributed by atoms with Crippen molar-refractivity contribution in [3.63, 3.8) is 0 Å². The number of ether oxygens (including phenoxy) is 1. The Hall–Kier alpha value is -3.51. The number of nitrogens with zero attached hydrogens (tertiary/aromatic N) is 4. The molecule has 1 aliphatic rings. The third-order valence-electron chi connectivity index (χ3n) is 5.64. The zero-order chi connectivity index (χ0) is 26.3. The van der Waals surface area contributed by atoms with Gasteiger partial charge in [0.2, 0.25) is 5.91 Å². The van der Waals surface area contributed by atoms with E-state index in [2.05, 4.69) is 15.3 Å². The van der Waals surface area contributed by atoms with E-state index in [0.29, 0.717) is 11.2 Å². The number of nitrogens with one attached hydrogen (secondary N) is 1. The fraction of sp³-hybridized carbons (Fsp3) is 0.417. The summed E-state index contributed by atoms with van der Waals surface area (Å²) in [6.07, 6.45) is 1.37. The Labute approximate surface area is 209 Å². The Morgan fingerprint density at radius 2 is 1.89 bits per heavy atom. The number of hydrogen-bond acceptors (Lipinski definition) is 8. The largest absolute Gasteiger partial charge is 0.444 e. The molecule has 0 unspecified atom stereocenters. The van der Waals surface area contributed by atoms with Crippen LogP contribution in [0.5, 0.6) is 0 Å². The van der Waals surface area contributed by atoms with Gasteiger partial charge < -0.3 is 15.2 Å². The first kappa shape index (κ1) is 25.6. The molecule has 1 aromatic carbocycles. The number of fused-ring (bicyclic) bond motifs is 1. The zero-order valence-electron chi connectivity index (χ0n) is 20.5. The number of hydrogen-bond donors (Lipinski definition) is 2. The molecule has 0 bridgehead atoms. The van der Waals surface area contributed by atoms with E-state index in [0.717, 1.165) is 9.54 Å². The molecule has 2 amide bonds. The third kappa shape index (κ3) is 5.34. The summed E-state index contributed by atoms with van der Waals surface area (Å²) >= 11 is 0. The minimum absolute atomic E-state index is 0.00172. The Morgan fingerprint density at radius 3 is 2.56 bits per heavy atom. The van der Waals surface area contributed by atoms with E-state index in [9.17, 15) is 23.1 Å². The molecule has 2 N–H and O–H groups in total. The number of aliphatic hydroxyl groups excluding tert-OH is 1. The normalized spacial score (nSPS) is 18.4. The smallest absolute Gasteiger partial charge is 0.411 e. The molecule has 1 fully saturated rings. The van der Waals surface area contributed by atoms with Crippen molar-refractivity contribution in [1.82, 2.24) is 24.2 Å². The molecule has 3 aromatic rings. The lowest BCUT2D eigenvalue weighted by molar-refractivity contribution is -0.125. The van der Waals surface area contributed by atoms with Gasteiger partial charge in [-0.25, -0.2) is 27.2 Å². The van der Waals surface area contributed by atoms with Crippen LogP contribution in [0.1, 0.15) is 38.4 Å². The SMILES string of the molecule is Cc1ccc(S(=O)(=O)n2ccc3nc(CNC(=O)[C@H]4C[C@@H](O)CN4C(=O)OC(C)(C)C)cnc32)cc1. The van der Waals surface area contributed by atoms with E-state index in [1.54, 1.807) is 32.9 Å². The van der Waals surface area contributed by atoms with Gasteiger partial charge in [-0.05, 0) is 45.9 Å². The predicted octanol–water partition coefficient (Wildman–Crippen LogP) is 1.96. The maximum atomic E-state index is 13.0. The molecule has 2 atom stereocenters. The molecule has 0 saturated carbocycles. The Morgan fingerprint density at radius 1 is 1.19 bits per heavy atom. The highest BCUT2D eigenvalue weighted by atomic mass is 32.2. The van der Waals surface area contributed by atoms with Crippen LogP contribution in [-0.4, -0.2) is 68.7 Å². The van der Waals surface area contributed by atoms with Gasteiger partial charge >= 0.3 is 6.09 Å². The van der Waals surface area contributed by atoms with Gasteiger partial charge in [0.15, 0.2) is 5.65 Å². The van der Waals surface area contributed by atoms with E-state index in [1.165, 1.54) is 35.5 Å². The average molecular weight is 516 g/mol. The first-order valence-electron chi connectivity index (χ1n) is 11.5. The molecule has 11 nitrogen and oxygen atoms in total. The highest BCUT2D eigenvalue weighted by Gasteiger charge is 2.40. The number of benzene rings is 1. The average Bonchev–Trinajstić information content (AvgIpc) is 3.40. The lowest BCUT2D eigenvalue weighted by Gasteiger charge is -2.27. The quantitative estimate of drug-likeness (QED) is 0.525. The van der Waals surface area contributed by atoms with Crippen molar-refractivity contribution in [1.29, 1.82) is 0 Å². The lowest BCUT2D eigenvalue weighted by Crippen LogP contribution is -2.47. The fourth-order valence-corrected chi connectivity index (χ4v) is 5.21. The number of rotatable bonds is 5. The minimum atomic E-state index is -3.85. The van der Waals surface area contributed by atoms with Crippen LogP contribution >= 0.6 is 0 Å². The van der Waals surface area contributed by atoms with E-state index in [1.807, 2.05) is 6.92 Å². The van der Waals surface area contributed by atoms with Crippen LogP contribution in [0.3, 0.4) is 0 Å². The number of likely N-dealkylation sites (tertiary alicyclic amines) is 1. The van der Waals surface area contributed by atoms with Crippen molar-refractivity contribution in [2.75, 3.05) is 6.54 Å². The first-order valence-corrected chi connectivity index (χ1v) is 12.9. The lowest BCUT2D eigenvalue weighted by atomic mass is 10.2. The fourth-order valence-electron chi connectivity index (χ4n) is 3.91. The van der Waals surface area contributed by atoms with Crippen molar-refractivity contribution in [3.05, 3.63) is 54.0 Å². The van der Waals surface area contributed by atoms with Gasteiger partial charge in [0, 0.05) is 12.6 Å².